The smallest absolute Gasteiger partial charge is 0.331 e. The predicted octanol–water partition coefficient (Wildman–Crippen LogP) is 2.22. The first kappa shape index (κ1) is 18.8. The van der Waals surface area contributed by atoms with Gasteiger partial charge in [0.1, 0.15) is 5.78 Å². The van der Waals surface area contributed by atoms with Crippen molar-refractivity contribution >= 4 is 35.1 Å². The van der Waals surface area contributed by atoms with Crippen molar-refractivity contribution < 1.29 is 28.7 Å². The van der Waals surface area contributed by atoms with Gasteiger partial charge in [-0.2, -0.15) is 0 Å². The molecule has 1 aromatic rings. The van der Waals surface area contributed by atoms with Crippen molar-refractivity contribution in [2.24, 2.45) is 5.41 Å². The SMILES string of the molecule is COC(=O)C(CCC(C)=O)(C(=O)OC)C(=O)c1ccc(Cl)cc1. The van der Waals surface area contributed by atoms with E-state index in [1.54, 1.807) is 0 Å². The second-order valence-electron chi connectivity index (χ2n) is 4.93. The summed E-state index contributed by atoms with van der Waals surface area (Å²) < 4.78 is 9.28. The molecule has 0 atom stereocenters. The Labute approximate surface area is 138 Å². The summed E-state index contributed by atoms with van der Waals surface area (Å²) in [6.45, 7) is 1.30. The number of benzene rings is 1. The maximum absolute atomic E-state index is 12.8. The molecule has 0 amide bonds. The van der Waals surface area contributed by atoms with E-state index in [0.717, 1.165) is 14.2 Å². The Balaban J connectivity index is 3.42. The largest absolute Gasteiger partial charge is 0.468 e. The number of ketones is 2. The molecule has 1 aromatic carbocycles. The first-order chi connectivity index (χ1) is 10.8. The monoisotopic (exact) mass is 340 g/mol. The van der Waals surface area contributed by atoms with Crippen molar-refractivity contribution in [3.8, 4) is 0 Å². The molecule has 23 heavy (non-hydrogen) atoms. The van der Waals surface area contributed by atoms with Crippen LogP contribution in [0.5, 0.6) is 0 Å². The van der Waals surface area contributed by atoms with Gasteiger partial charge in [-0.3, -0.25) is 14.4 Å². The van der Waals surface area contributed by atoms with Gasteiger partial charge in [-0.1, -0.05) is 11.6 Å². The fourth-order valence-corrected chi connectivity index (χ4v) is 2.27. The minimum atomic E-state index is -2.22. The number of hydrogen-bond acceptors (Lipinski definition) is 6. The molecule has 0 bridgehead atoms. The molecule has 0 N–H and O–H groups in total. The number of carbonyl (C=O) groups is 4. The van der Waals surface area contributed by atoms with Gasteiger partial charge in [0.05, 0.1) is 14.2 Å². The number of halogens is 1. The molecule has 0 heterocycles. The Morgan fingerprint density at radius 3 is 1.87 bits per heavy atom. The van der Waals surface area contributed by atoms with Gasteiger partial charge >= 0.3 is 11.9 Å². The average Bonchev–Trinajstić information content (AvgIpc) is 2.54. The molecule has 0 spiro atoms. The van der Waals surface area contributed by atoms with Crippen LogP contribution in [0.3, 0.4) is 0 Å². The van der Waals surface area contributed by atoms with Crippen LogP contribution in [-0.2, 0) is 23.9 Å². The highest BCUT2D eigenvalue weighted by atomic mass is 35.5. The van der Waals surface area contributed by atoms with Crippen LogP contribution in [0.1, 0.15) is 30.1 Å². The molecule has 0 saturated heterocycles. The van der Waals surface area contributed by atoms with Crippen LogP contribution in [0.15, 0.2) is 24.3 Å². The van der Waals surface area contributed by atoms with Crippen molar-refractivity contribution in [1.82, 2.24) is 0 Å². The summed E-state index contributed by atoms with van der Waals surface area (Å²) in [5.41, 5.74) is -2.13. The molecule has 7 heteroatoms. The molecule has 124 valence electrons. The third kappa shape index (κ3) is 3.96. The van der Waals surface area contributed by atoms with E-state index in [-0.39, 0.29) is 24.2 Å². The number of ether oxygens (including phenoxy) is 2. The molecular formula is C16H17ClO6. The highest BCUT2D eigenvalue weighted by molar-refractivity contribution is 6.31. The Morgan fingerprint density at radius 2 is 1.48 bits per heavy atom. The van der Waals surface area contributed by atoms with E-state index < -0.39 is 23.1 Å². The van der Waals surface area contributed by atoms with E-state index in [1.807, 2.05) is 0 Å². The summed E-state index contributed by atoms with van der Waals surface area (Å²) in [6.07, 6.45) is -0.479. The van der Waals surface area contributed by atoms with Crippen molar-refractivity contribution in [3.63, 3.8) is 0 Å². The third-order valence-electron chi connectivity index (χ3n) is 3.41. The van der Waals surface area contributed by atoms with E-state index >= 15 is 0 Å². The number of Topliss-reactive ketones (excluding diaryl/α,β-unsaturated/α-hetero) is 2. The number of methoxy groups -OCH3 is 2. The zero-order valence-corrected chi connectivity index (χ0v) is 13.8. The minimum Gasteiger partial charge on any atom is -0.468 e. The molecule has 6 nitrogen and oxygen atoms in total. The standard InChI is InChI=1S/C16H17ClO6/c1-10(18)8-9-16(14(20)22-2,15(21)23-3)13(19)11-4-6-12(17)7-5-11/h4-7H,8-9H2,1-3H3. The number of hydrogen-bond donors (Lipinski definition) is 0. The average molecular weight is 341 g/mol. The van der Waals surface area contributed by atoms with Crippen molar-refractivity contribution in [2.75, 3.05) is 14.2 Å². The third-order valence-corrected chi connectivity index (χ3v) is 3.67. The molecular weight excluding hydrogens is 324 g/mol. The second kappa shape index (κ2) is 7.87. The van der Waals surface area contributed by atoms with Gasteiger partial charge in [0.15, 0.2) is 5.78 Å². The van der Waals surface area contributed by atoms with Crippen LogP contribution in [0.25, 0.3) is 0 Å². The molecule has 0 aromatic heterocycles. The number of carbonyl (C=O) groups excluding carboxylic acids is 4. The lowest BCUT2D eigenvalue weighted by atomic mass is 9.76. The molecule has 0 aliphatic carbocycles. The van der Waals surface area contributed by atoms with Gasteiger partial charge in [0.2, 0.25) is 5.41 Å². The Kier molecular flexibility index (Phi) is 6.45. The zero-order valence-electron chi connectivity index (χ0n) is 13.1. The van der Waals surface area contributed by atoms with Crippen LogP contribution >= 0.6 is 11.6 Å². The van der Waals surface area contributed by atoms with Crippen LogP contribution in [-0.4, -0.2) is 37.7 Å². The lowest BCUT2D eigenvalue weighted by Crippen LogP contribution is -2.48. The van der Waals surface area contributed by atoms with Gasteiger partial charge in [-0.25, -0.2) is 0 Å². The predicted molar refractivity (Wildman–Crippen MR) is 82.2 cm³/mol. The van der Waals surface area contributed by atoms with E-state index in [0.29, 0.717) is 5.02 Å². The van der Waals surface area contributed by atoms with Gasteiger partial charge in [0.25, 0.3) is 0 Å². The van der Waals surface area contributed by atoms with Crippen molar-refractivity contribution in [1.29, 1.82) is 0 Å². The second-order valence-corrected chi connectivity index (χ2v) is 5.36. The first-order valence-corrected chi connectivity index (χ1v) is 7.14. The Hall–Kier alpha value is -2.21. The fourth-order valence-electron chi connectivity index (χ4n) is 2.15. The summed E-state index contributed by atoms with van der Waals surface area (Å²) in [6, 6.07) is 5.69. The normalized spacial score (nSPS) is 10.8. The van der Waals surface area contributed by atoms with E-state index in [2.05, 4.69) is 9.47 Å². The molecule has 0 unspecified atom stereocenters. The quantitative estimate of drug-likeness (QED) is 0.430. The molecule has 0 saturated carbocycles. The van der Waals surface area contributed by atoms with Gasteiger partial charge < -0.3 is 14.3 Å². The fraction of sp³-hybridized carbons (Fsp3) is 0.375. The van der Waals surface area contributed by atoms with Crippen LogP contribution in [0.4, 0.5) is 0 Å². The topological polar surface area (TPSA) is 86.7 Å². The van der Waals surface area contributed by atoms with Gasteiger partial charge in [-0.15, -0.1) is 0 Å². The first-order valence-electron chi connectivity index (χ1n) is 6.76. The molecule has 0 fully saturated rings. The van der Waals surface area contributed by atoms with Gasteiger partial charge in [0, 0.05) is 17.0 Å². The Bertz CT molecular complexity index is 604. The van der Waals surface area contributed by atoms with E-state index in [1.165, 1.54) is 31.2 Å². The molecule has 0 aliphatic rings. The maximum atomic E-state index is 12.8. The van der Waals surface area contributed by atoms with Gasteiger partial charge in [-0.05, 0) is 37.6 Å². The zero-order chi connectivity index (χ0) is 17.6. The van der Waals surface area contributed by atoms with Crippen molar-refractivity contribution in [2.45, 2.75) is 19.8 Å². The summed E-state index contributed by atoms with van der Waals surface area (Å²) in [4.78, 5) is 48.6. The highest BCUT2D eigenvalue weighted by Gasteiger charge is 2.55. The maximum Gasteiger partial charge on any atom is 0.331 e. The van der Waals surface area contributed by atoms with Crippen molar-refractivity contribution in [3.05, 3.63) is 34.9 Å². The number of rotatable bonds is 7. The van der Waals surface area contributed by atoms with Crippen LogP contribution < -0.4 is 0 Å². The summed E-state index contributed by atoms with van der Waals surface area (Å²) >= 11 is 5.77. The molecule has 1 rings (SSSR count). The molecule has 0 aliphatic heterocycles. The molecule has 0 radical (unpaired) electrons. The number of esters is 2. The van der Waals surface area contributed by atoms with E-state index in [9.17, 15) is 19.2 Å². The highest BCUT2D eigenvalue weighted by Crippen LogP contribution is 2.33. The van der Waals surface area contributed by atoms with E-state index in [4.69, 9.17) is 11.6 Å². The van der Waals surface area contributed by atoms with Crippen LogP contribution in [0.2, 0.25) is 5.02 Å². The Morgan fingerprint density at radius 1 is 1.00 bits per heavy atom. The lowest BCUT2D eigenvalue weighted by molar-refractivity contribution is -0.165. The lowest BCUT2D eigenvalue weighted by Gasteiger charge is -2.26. The van der Waals surface area contributed by atoms with Crippen LogP contribution in [0, 0.1) is 5.41 Å². The summed E-state index contributed by atoms with van der Waals surface area (Å²) in [7, 11) is 2.12. The minimum absolute atomic E-state index is 0.0914. The summed E-state index contributed by atoms with van der Waals surface area (Å²) in [5.74, 6) is -3.20. The summed E-state index contributed by atoms with van der Waals surface area (Å²) in [5, 5.41) is 0.395.